The van der Waals surface area contributed by atoms with E-state index in [-0.39, 0.29) is 13.2 Å². The molecule has 0 bridgehead atoms. The number of nitrogens with zero attached hydrogens (tertiary/aromatic N) is 5. The van der Waals surface area contributed by atoms with Crippen LogP contribution in [0.15, 0.2) is 36.7 Å². The molecule has 5 rings (SSSR count). The first-order valence-electron chi connectivity index (χ1n) is 10.4. The van der Waals surface area contributed by atoms with Crippen LogP contribution in [0.1, 0.15) is 18.4 Å². The first-order chi connectivity index (χ1) is 14.9. The number of phenols is 1. The number of anilines is 1. The fourth-order valence-electron chi connectivity index (χ4n) is 3.41. The number of fused-ring (bicyclic) bond motifs is 2. The maximum absolute atomic E-state index is 10.6. The molecule has 0 radical (unpaired) electrons. The Morgan fingerprint density at radius 1 is 1.24 bits per heavy atom. The third kappa shape index (κ3) is 5.01. The van der Waals surface area contributed by atoms with Crippen LogP contribution in [0.4, 0.5) is 5.69 Å². The van der Waals surface area contributed by atoms with Crippen molar-refractivity contribution in [3.05, 3.63) is 69.4 Å². The summed E-state index contributed by atoms with van der Waals surface area (Å²) in [5.74, 6) is 0.984. The molecule has 0 aliphatic heterocycles. The van der Waals surface area contributed by atoms with Crippen LogP contribution in [0.2, 0.25) is 0 Å². The monoisotopic (exact) mass is 697 g/mol. The van der Waals surface area contributed by atoms with Crippen molar-refractivity contribution < 1.29 is 5.11 Å². The molecule has 1 saturated carbocycles. The number of aromatic nitrogens is 4. The van der Waals surface area contributed by atoms with Crippen LogP contribution in [-0.4, -0.2) is 37.9 Å². The van der Waals surface area contributed by atoms with Gasteiger partial charge in [-0.05, 0) is 31.2 Å². The van der Waals surface area contributed by atoms with E-state index < -0.39 is 0 Å². The topological polar surface area (TPSA) is 90.9 Å². The van der Waals surface area contributed by atoms with Gasteiger partial charge in [-0.2, -0.15) is 5.10 Å². The zero-order valence-corrected chi connectivity index (χ0v) is 26.1. The van der Waals surface area contributed by atoms with Gasteiger partial charge in [0.05, 0.1) is 28.4 Å². The Morgan fingerprint density at radius 3 is 2.58 bits per heavy atom. The molecule has 0 unspecified atom stereocenters. The second kappa shape index (κ2) is 9.96. The number of aromatic hydroxyl groups is 1. The summed E-state index contributed by atoms with van der Waals surface area (Å²) < 4.78 is 1.74. The van der Waals surface area contributed by atoms with Crippen LogP contribution in [0.25, 0.3) is 38.9 Å². The normalized spacial score (nSPS) is 12.5. The number of hydrogen-bond donors (Lipinski definition) is 1. The molecule has 0 atom stereocenters. The van der Waals surface area contributed by atoms with Crippen molar-refractivity contribution >= 4 is 27.6 Å². The van der Waals surface area contributed by atoms with Gasteiger partial charge in [-0.1, -0.05) is 18.8 Å². The summed E-state index contributed by atoms with van der Waals surface area (Å²) in [6.45, 7) is 6.92. The molecule has 0 amide bonds. The maximum Gasteiger partial charge on any atom is 0.130 e. The van der Waals surface area contributed by atoms with Gasteiger partial charge in [0.1, 0.15) is 5.75 Å². The van der Waals surface area contributed by atoms with Gasteiger partial charge in [0.25, 0.3) is 0 Å². The molecule has 172 valence electrons. The van der Waals surface area contributed by atoms with E-state index in [1.165, 1.54) is 12.8 Å². The fraction of sp³-hybridized carbons (Fsp3) is 0.280. The number of rotatable bonds is 4. The smallest absolute Gasteiger partial charge is 0.130 e. The first kappa shape index (κ1) is 25.1. The summed E-state index contributed by atoms with van der Waals surface area (Å²) in [7, 11) is 5.80. The second-order valence-electron chi connectivity index (χ2n) is 7.98. The summed E-state index contributed by atoms with van der Waals surface area (Å²) in [5, 5.41) is 16.0. The van der Waals surface area contributed by atoms with Crippen LogP contribution < -0.4 is 4.90 Å². The van der Waals surface area contributed by atoms with E-state index in [9.17, 15) is 5.11 Å². The molecule has 8 heteroatoms. The van der Waals surface area contributed by atoms with E-state index in [1.807, 2.05) is 44.4 Å². The Kier molecular flexibility index (Phi) is 7.56. The van der Waals surface area contributed by atoms with Crippen LogP contribution in [0, 0.1) is 34.2 Å². The molecule has 33 heavy (non-hydrogen) atoms. The van der Waals surface area contributed by atoms with E-state index in [0.717, 1.165) is 39.1 Å². The molecule has 2 aromatic carbocycles. The molecule has 1 aliphatic rings. The van der Waals surface area contributed by atoms with Gasteiger partial charge >= 0.3 is 0 Å². The van der Waals surface area contributed by atoms with Gasteiger partial charge < -0.3 is 30.1 Å². The Labute approximate surface area is 189 Å². The van der Waals surface area contributed by atoms with E-state index in [2.05, 4.69) is 29.0 Å². The van der Waals surface area contributed by atoms with Gasteiger partial charge in [0.2, 0.25) is 0 Å². The van der Waals surface area contributed by atoms with Crippen molar-refractivity contribution in [1.29, 1.82) is 0 Å². The van der Waals surface area contributed by atoms with E-state index in [4.69, 9.17) is 5.73 Å². The molecular weight excluding hydrogens is 667 g/mol. The van der Waals surface area contributed by atoms with E-state index in [1.54, 1.807) is 15.8 Å². The number of aryl methyl sites for hydroxylation is 2. The quantitative estimate of drug-likeness (QED) is 0.284. The van der Waals surface area contributed by atoms with Crippen molar-refractivity contribution in [2.75, 3.05) is 18.0 Å². The Hall–Kier alpha value is -4.19. The SMILES string of the molecule is [CH2-]CN([CH2-])c1ccc2nc(-c3cc4cn(C)nc4c(C)c3O)cnc2c1.[CH3-].[NH-]CC1CC1.[Rf]. The van der Waals surface area contributed by atoms with Crippen molar-refractivity contribution in [3.63, 3.8) is 0 Å². The molecule has 7 nitrogen and oxygen atoms in total. The molecule has 2 N–H and O–H groups in total. The minimum atomic E-state index is 0. The van der Waals surface area contributed by atoms with Crippen molar-refractivity contribution in [3.8, 4) is 17.0 Å². The second-order valence-corrected chi connectivity index (χ2v) is 7.98. The van der Waals surface area contributed by atoms with Gasteiger partial charge in [0.15, 0.2) is 0 Å². The van der Waals surface area contributed by atoms with Gasteiger partial charge in [-0.25, -0.2) is 4.98 Å². The van der Waals surface area contributed by atoms with Crippen LogP contribution in [-0.2, 0) is 7.05 Å². The van der Waals surface area contributed by atoms with Crippen LogP contribution in [0.3, 0.4) is 0 Å². The average molecular weight is 698 g/mol. The standard InChI is InChI=1S/C20H19N5O.C4H8N.CH3.Rf/c1-5-24(3)14-6-7-16-17(9-14)21-10-18(22-16)15-8-13-11-25(4)23-19(13)12(2)20(15)26;5-3-4-1-2-4;;/h6-11,26H,1,3,5H2,2,4H3;4-5H,1-3H2;1H3;/q-2;2*-1;. The molecule has 2 aromatic heterocycles. The minimum absolute atomic E-state index is 0. The molecule has 0 spiro atoms. The van der Waals surface area contributed by atoms with Gasteiger partial charge in [-0.3, -0.25) is 16.7 Å². The van der Waals surface area contributed by atoms with Gasteiger partial charge in [-0.15, -0.1) is 13.1 Å². The zero-order chi connectivity index (χ0) is 22.1. The van der Waals surface area contributed by atoms with Crippen molar-refractivity contribution in [2.45, 2.75) is 19.8 Å². The maximum atomic E-state index is 10.6. The van der Waals surface area contributed by atoms with Crippen molar-refractivity contribution in [2.24, 2.45) is 13.0 Å². The molecule has 1 fully saturated rings. The number of phenolic OH excluding ortho intramolecular Hbond substituents is 1. The van der Waals surface area contributed by atoms with Crippen LogP contribution >= 0.6 is 0 Å². The van der Waals surface area contributed by atoms with E-state index in [0.29, 0.717) is 24.3 Å². The Morgan fingerprint density at radius 2 is 1.97 bits per heavy atom. The Balaban J connectivity index is 0.000000490. The molecule has 0 saturated heterocycles. The molecule has 1 aliphatic carbocycles. The zero-order valence-electron chi connectivity index (χ0n) is 19.7. The van der Waals surface area contributed by atoms with Gasteiger partial charge in [0, 0.05) is 35.4 Å². The largest absolute Gasteiger partial charge is 0.677 e. The summed E-state index contributed by atoms with van der Waals surface area (Å²) in [5.41, 5.74) is 12.0. The van der Waals surface area contributed by atoms with E-state index >= 15 is 0 Å². The summed E-state index contributed by atoms with van der Waals surface area (Å²) in [6, 6.07) is 7.67. The number of benzene rings is 2. The molecule has 2 heterocycles. The predicted octanol–water partition coefficient (Wildman–Crippen LogP) is 5.53. The van der Waals surface area contributed by atoms with Crippen molar-refractivity contribution in [1.82, 2.24) is 19.7 Å². The Bertz CT molecular complexity index is 1230. The molecular formula is C25H30N6ORf-4. The van der Waals surface area contributed by atoms with Crippen LogP contribution in [0.5, 0.6) is 5.75 Å². The predicted molar refractivity (Wildman–Crippen MR) is 132 cm³/mol. The summed E-state index contributed by atoms with van der Waals surface area (Å²) >= 11 is 0. The minimum Gasteiger partial charge on any atom is -0.677 e. The number of hydrogen-bond acceptors (Lipinski definition) is 5. The summed E-state index contributed by atoms with van der Waals surface area (Å²) in [6.07, 6.45) is 6.25. The number of nitrogens with one attached hydrogen (secondary N) is 1. The first-order valence-corrected chi connectivity index (χ1v) is 10.4. The third-order valence-corrected chi connectivity index (χ3v) is 5.54. The third-order valence-electron chi connectivity index (χ3n) is 5.54. The average Bonchev–Trinajstić information content (AvgIpc) is 3.56. The fourth-order valence-corrected chi connectivity index (χ4v) is 3.41. The summed E-state index contributed by atoms with van der Waals surface area (Å²) in [4.78, 5) is 11.0. The molecule has 4 aromatic rings.